The van der Waals surface area contributed by atoms with Crippen LogP contribution in [0.4, 0.5) is 5.69 Å². The van der Waals surface area contributed by atoms with Crippen LogP contribution in [0.25, 0.3) is 0 Å². The Bertz CT molecular complexity index is 1630. The Kier molecular flexibility index (Phi) is 9.43. The van der Waals surface area contributed by atoms with Crippen molar-refractivity contribution in [2.45, 2.75) is 82.0 Å². The zero-order valence-electron chi connectivity index (χ0n) is 27.5. The summed E-state index contributed by atoms with van der Waals surface area (Å²) in [5.41, 5.74) is 4.79. The maximum absolute atomic E-state index is 13.5. The first kappa shape index (κ1) is 32.7. The van der Waals surface area contributed by atoms with Gasteiger partial charge in [0.1, 0.15) is 16.7 Å². The summed E-state index contributed by atoms with van der Waals surface area (Å²) in [5.74, 6) is 1.55. The molecule has 2 N–H and O–H groups in total. The minimum absolute atomic E-state index is 0.136. The van der Waals surface area contributed by atoms with E-state index in [0.717, 1.165) is 86.5 Å². The number of rotatable bonds is 2. The monoisotopic (exact) mass is 674 g/mol. The summed E-state index contributed by atoms with van der Waals surface area (Å²) >= 11 is 6.47. The Morgan fingerprint density at radius 3 is 2.64 bits per heavy atom. The van der Waals surface area contributed by atoms with E-state index in [-0.39, 0.29) is 28.4 Å². The van der Waals surface area contributed by atoms with Gasteiger partial charge in [0, 0.05) is 29.1 Å². The van der Waals surface area contributed by atoms with Gasteiger partial charge in [-0.25, -0.2) is 4.21 Å². The SMILES string of the molecule is CC1CCC[C@@H](C(O)c2ccccc2)C2CCC2CN2CC3(CCCc4cc(Cl)ccc43)COc3ccc(cc32)C(=O)NS(=O)C1C. The molecule has 7 unspecified atom stereocenters. The van der Waals surface area contributed by atoms with E-state index in [2.05, 4.69) is 28.7 Å². The molecule has 0 saturated heterocycles. The molecule has 2 bridgehead atoms. The van der Waals surface area contributed by atoms with E-state index in [9.17, 15) is 14.1 Å². The van der Waals surface area contributed by atoms with E-state index in [0.29, 0.717) is 24.0 Å². The summed E-state index contributed by atoms with van der Waals surface area (Å²) in [7, 11) is -1.52. The Hall–Kier alpha value is -2.87. The van der Waals surface area contributed by atoms with Crippen LogP contribution in [0.15, 0.2) is 66.7 Å². The number of hydrogen-bond acceptors (Lipinski definition) is 5. The molecule has 2 heterocycles. The van der Waals surface area contributed by atoms with Crippen molar-refractivity contribution in [3.63, 3.8) is 0 Å². The van der Waals surface area contributed by atoms with Gasteiger partial charge in [0.2, 0.25) is 0 Å². The third kappa shape index (κ3) is 6.48. The van der Waals surface area contributed by atoms with Crippen LogP contribution in [0.2, 0.25) is 5.02 Å². The van der Waals surface area contributed by atoms with Gasteiger partial charge in [0.15, 0.2) is 0 Å². The minimum atomic E-state index is -1.52. The van der Waals surface area contributed by atoms with E-state index in [1.165, 1.54) is 11.1 Å². The fraction of sp³-hybridized carbons (Fsp3) is 0.513. The van der Waals surface area contributed by atoms with Gasteiger partial charge in [-0.3, -0.25) is 9.52 Å². The van der Waals surface area contributed by atoms with Crippen molar-refractivity contribution < 1.29 is 18.8 Å². The summed E-state index contributed by atoms with van der Waals surface area (Å²) in [6, 6.07) is 22.1. The van der Waals surface area contributed by atoms with Crippen LogP contribution >= 0.6 is 11.6 Å². The molecule has 3 aromatic rings. The molecule has 8 heteroatoms. The second-order valence-electron chi connectivity index (χ2n) is 14.6. The average Bonchev–Trinajstić information content (AvgIpc) is 3.22. The van der Waals surface area contributed by atoms with E-state index in [1.54, 1.807) is 6.07 Å². The smallest absolute Gasteiger partial charge is 0.263 e. The highest BCUT2D eigenvalue weighted by molar-refractivity contribution is 7.84. The van der Waals surface area contributed by atoms with Gasteiger partial charge in [-0.15, -0.1) is 0 Å². The zero-order chi connectivity index (χ0) is 32.7. The predicted octanol–water partition coefficient (Wildman–Crippen LogP) is 7.79. The van der Waals surface area contributed by atoms with E-state index < -0.39 is 17.1 Å². The van der Waals surface area contributed by atoms with Crippen LogP contribution in [0.5, 0.6) is 5.75 Å². The minimum Gasteiger partial charge on any atom is -0.490 e. The van der Waals surface area contributed by atoms with Crippen LogP contribution in [0, 0.1) is 23.7 Å². The Balaban J connectivity index is 1.29. The number of nitrogens with zero attached hydrogens (tertiary/aromatic N) is 1. The normalized spacial score (nSPS) is 31.7. The number of ether oxygens (including phenoxy) is 1. The van der Waals surface area contributed by atoms with Crippen molar-refractivity contribution in [2.24, 2.45) is 23.7 Å². The molecule has 8 atom stereocenters. The number of anilines is 1. The highest BCUT2D eigenvalue weighted by Gasteiger charge is 2.45. The zero-order valence-corrected chi connectivity index (χ0v) is 29.1. The molecule has 0 radical (unpaired) electrons. The molecule has 1 saturated carbocycles. The maximum Gasteiger partial charge on any atom is 0.263 e. The third-order valence-electron chi connectivity index (χ3n) is 11.9. The first-order chi connectivity index (χ1) is 22.7. The maximum atomic E-state index is 13.5. The lowest BCUT2D eigenvalue weighted by Crippen LogP contribution is -2.49. The predicted molar refractivity (Wildman–Crippen MR) is 189 cm³/mol. The number of aliphatic hydroxyl groups is 1. The topological polar surface area (TPSA) is 78.9 Å². The molecule has 1 spiro atoms. The second-order valence-corrected chi connectivity index (χ2v) is 16.6. The van der Waals surface area contributed by atoms with Gasteiger partial charge in [-0.05, 0) is 123 Å². The van der Waals surface area contributed by atoms with Crippen LogP contribution in [-0.4, -0.2) is 40.2 Å². The van der Waals surface area contributed by atoms with E-state index in [4.69, 9.17) is 16.3 Å². The molecule has 47 heavy (non-hydrogen) atoms. The number of amides is 1. The standard InChI is InChI=1S/C39H47ClN2O4S/c1-25-8-6-12-33(37(43)27-9-4-3-5-10-27)32-16-13-30(32)22-42-23-39(19-7-11-28-20-31(40)15-17-34(28)39)24-46-36-18-14-29(21-35(36)42)38(44)41-47(45)26(25)2/h3-5,9-10,14-15,17-18,20-21,25-26,30,32-33,37,43H,6-8,11-13,16,19,22-24H2,1-2H3,(H,41,44)/t25?,26?,30?,32?,33-,37?,39?,47?/m1/s1. The molecule has 250 valence electrons. The molecular formula is C39H47ClN2O4S. The van der Waals surface area contributed by atoms with Crippen LogP contribution in [-0.2, 0) is 22.8 Å². The van der Waals surface area contributed by atoms with Gasteiger partial charge in [-0.2, -0.15) is 0 Å². The summed E-state index contributed by atoms with van der Waals surface area (Å²) in [4.78, 5) is 16.0. The number of benzene rings is 3. The fourth-order valence-electron chi connectivity index (χ4n) is 8.79. The lowest BCUT2D eigenvalue weighted by Gasteiger charge is -2.48. The average molecular weight is 675 g/mol. The molecular weight excluding hydrogens is 628 g/mol. The second kappa shape index (κ2) is 13.6. The summed E-state index contributed by atoms with van der Waals surface area (Å²) in [5, 5.41) is 12.4. The Morgan fingerprint density at radius 2 is 1.85 bits per heavy atom. The Labute approximate surface area is 286 Å². The van der Waals surface area contributed by atoms with Gasteiger partial charge >= 0.3 is 0 Å². The van der Waals surface area contributed by atoms with Crippen molar-refractivity contribution in [3.05, 3.63) is 94.0 Å². The fourth-order valence-corrected chi connectivity index (χ4v) is 10.0. The number of carbonyl (C=O) groups excluding carboxylic acids is 1. The van der Waals surface area contributed by atoms with Crippen LogP contribution in [0.1, 0.15) is 91.9 Å². The highest BCUT2D eigenvalue weighted by atomic mass is 35.5. The van der Waals surface area contributed by atoms with Crippen molar-refractivity contribution in [1.29, 1.82) is 0 Å². The number of carbonyl (C=O) groups is 1. The largest absolute Gasteiger partial charge is 0.490 e. The summed E-state index contributed by atoms with van der Waals surface area (Å²) in [6.07, 6.45) is 7.51. The van der Waals surface area contributed by atoms with E-state index >= 15 is 0 Å². The molecule has 1 amide bonds. The molecule has 4 aliphatic rings. The number of aryl methyl sites for hydroxylation is 1. The molecule has 0 aromatic heterocycles. The van der Waals surface area contributed by atoms with Crippen molar-refractivity contribution in [3.8, 4) is 5.75 Å². The van der Waals surface area contributed by atoms with E-state index in [1.807, 2.05) is 55.5 Å². The van der Waals surface area contributed by atoms with Gasteiger partial charge in [0.25, 0.3) is 5.91 Å². The lowest BCUT2D eigenvalue weighted by atomic mass is 9.63. The van der Waals surface area contributed by atoms with Crippen LogP contribution in [0.3, 0.4) is 0 Å². The van der Waals surface area contributed by atoms with Gasteiger partial charge in [0.05, 0.1) is 23.6 Å². The molecule has 2 aliphatic heterocycles. The first-order valence-electron chi connectivity index (χ1n) is 17.5. The molecule has 6 nitrogen and oxygen atoms in total. The highest BCUT2D eigenvalue weighted by Crippen LogP contribution is 2.50. The van der Waals surface area contributed by atoms with Crippen molar-refractivity contribution in [1.82, 2.24) is 4.72 Å². The summed E-state index contributed by atoms with van der Waals surface area (Å²) in [6.45, 7) is 6.24. The third-order valence-corrected chi connectivity index (χ3v) is 13.6. The van der Waals surface area contributed by atoms with Gasteiger partial charge in [-0.1, -0.05) is 61.3 Å². The summed E-state index contributed by atoms with van der Waals surface area (Å²) < 4.78 is 22.9. The first-order valence-corrected chi connectivity index (χ1v) is 19.1. The lowest BCUT2D eigenvalue weighted by molar-refractivity contribution is 0.000606. The van der Waals surface area contributed by atoms with Crippen molar-refractivity contribution >= 4 is 34.2 Å². The number of fused-ring (bicyclic) bond motifs is 4. The molecule has 1 fully saturated rings. The Morgan fingerprint density at radius 1 is 1.02 bits per heavy atom. The molecule has 3 aromatic carbocycles. The number of nitrogens with one attached hydrogen (secondary N) is 1. The molecule has 7 rings (SSSR count). The molecule has 2 aliphatic carbocycles. The quantitative estimate of drug-likeness (QED) is 0.290. The number of hydrogen-bond donors (Lipinski definition) is 2. The van der Waals surface area contributed by atoms with Gasteiger partial charge < -0.3 is 14.7 Å². The number of halogens is 1. The van der Waals surface area contributed by atoms with Crippen LogP contribution < -0.4 is 14.4 Å². The number of aliphatic hydroxyl groups excluding tert-OH is 1. The van der Waals surface area contributed by atoms with Crippen molar-refractivity contribution in [2.75, 3.05) is 24.6 Å².